The summed E-state index contributed by atoms with van der Waals surface area (Å²) in [5, 5.41) is 1.64. The van der Waals surface area contributed by atoms with Crippen LogP contribution in [-0.4, -0.2) is 18.1 Å². The summed E-state index contributed by atoms with van der Waals surface area (Å²) < 4.78 is 4.51. The zero-order valence-corrected chi connectivity index (χ0v) is 11.4. The minimum Gasteiger partial charge on any atom is -0.466 e. The molecule has 0 saturated carbocycles. The Labute approximate surface area is 111 Å². The topological polar surface area (TPSA) is 42.1 Å². The van der Waals surface area contributed by atoms with Crippen LogP contribution in [0.25, 0.3) is 17.0 Å². The van der Waals surface area contributed by atoms with Gasteiger partial charge in [-0.2, -0.15) is 0 Å². The monoisotopic (exact) mass is 265 g/mol. The van der Waals surface area contributed by atoms with Crippen LogP contribution in [0.5, 0.6) is 0 Å². The van der Waals surface area contributed by atoms with Crippen molar-refractivity contribution in [1.29, 1.82) is 0 Å². The maximum atomic E-state index is 10.9. The van der Waals surface area contributed by atoms with Crippen LogP contribution in [0.2, 0.25) is 5.02 Å². The van der Waals surface area contributed by atoms with Crippen LogP contribution in [0.1, 0.15) is 19.4 Å². The predicted octanol–water partition coefficient (Wildman–Crippen LogP) is 4.03. The number of rotatable bonds is 2. The second-order valence-electron chi connectivity index (χ2n) is 3.30. The molecule has 4 heteroatoms. The van der Waals surface area contributed by atoms with E-state index < -0.39 is 0 Å². The Hall–Kier alpha value is -1.74. The van der Waals surface area contributed by atoms with Crippen LogP contribution in [0.4, 0.5) is 0 Å². The number of ether oxygens (including phenoxy) is 1. The molecule has 1 aromatic heterocycles. The lowest BCUT2D eigenvalue weighted by molar-refractivity contribution is -0.134. The molecule has 1 heterocycles. The third kappa shape index (κ3) is 3.37. The van der Waals surface area contributed by atoms with Crippen LogP contribution in [0.15, 0.2) is 30.5 Å². The molecule has 3 nitrogen and oxygen atoms in total. The van der Waals surface area contributed by atoms with Crippen molar-refractivity contribution in [1.82, 2.24) is 4.98 Å². The maximum Gasteiger partial charge on any atom is 0.330 e. The van der Waals surface area contributed by atoms with Crippen LogP contribution in [0.3, 0.4) is 0 Å². The van der Waals surface area contributed by atoms with Gasteiger partial charge in [0.2, 0.25) is 0 Å². The van der Waals surface area contributed by atoms with Gasteiger partial charge in [0.1, 0.15) is 0 Å². The number of halogens is 1. The summed E-state index contributed by atoms with van der Waals surface area (Å²) in [6.45, 7) is 4.00. The van der Waals surface area contributed by atoms with E-state index in [-0.39, 0.29) is 5.97 Å². The fourth-order valence-corrected chi connectivity index (χ4v) is 1.77. The van der Waals surface area contributed by atoms with Gasteiger partial charge in [-0.15, -0.1) is 0 Å². The van der Waals surface area contributed by atoms with Gasteiger partial charge in [-0.25, -0.2) is 4.79 Å². The average molecular weight is 266 g/mol. The summed E-state index contributed by atoms with van der Waals surface area (Å²) >= 11 is 6.07. The standard InChI is InChI=1S/C12H10ClNO2.C2H6/c1-16-11(15)3-2-8-6-9-4-5-14-12(9)10(13)7-8;1-2/h2-7,14H,1H3;1-2H3/b3-2+;. The van der Waals surface area contributed by atoms with Gasteiger partial charge in [0, 0.05) is 17.7 Å². The van der Waals surface area contributed by atoms with Gasteiger partial charge in [0.15, 0.2) is 0 Å². The van der Waals surface area contributed by atoms with E-state index in [1.165, 1.54) is 13.2 Å². The second-order valence-corrected chi connectivity index (χ2v) is 3.71. The molecule has 0 aliphatic rings. The van der Waals surface area contributed by atoms with Gasteiger partial charge in [-0.3, -0.25) is 0 Å². The summed E-state index contributed by atoms with van der Waals surface area (Å²) in [7, 11) is 1.34. The lowest BCUT2D eigenvalue weighted by Crippen LogP contribution is -1.93. The molecule has 0 radical (unpaired) electrons. The van der Waals surface area contributed by atoms with Gasteiger partial charge < -0.3 is 9.72 Å². The first-order valence-corrected chi connectivity index (χ1v) is 6.11. The molecular formula is C14H16ClNO2. The molecule has 0 spiro atoms. The Bertz CT molecular complexity index is 558. The molecule has 0 bridgehead atoms. The van der Waals surface area contributed by atoms with Gasteiger partial charge in [-0.05, 0) is 29.8 Å². The molecule has 96 valence electrons. The number of carbonyl (C=O) groups is 1. The van der Waals surface area contributed by atoms with E-state index in [1.807, 2.05) is 32.2 Å². The molecule has 0 aliphatic heterocycles. The largest absolute Gasteiger partial charge is 0.466 e. The Morgan fingerprint density at radius 3 is 2.78 bits per heavy atom. The Morgan fingerprint density at radius 2 is 2.11 bits per heavy atom. The molecule has 2 aromatic rings. The van der Waals surface area contributed by atoms with Crippen molar-refractivity contribution >= 4 is 34.5 Å². The normalized spacial score (nSPS) is 10.2. The van der Waals surface area contributed by atoms with Crippen molar-refractivity contribution in [2.24, 2.45) is 0 Å². The molecule has 0 amide bonds. The number of aromatic amines is 1. The Morgan fingerprint density at radius 1 is 1.39 bits per heavy atom. The summed E-state index contributed by atoms with van der Waals surface area (Å²) in [5.74, 6) is -0.384. The first kappa shape index (κ1) is 14.3. The quantitative estimate of drug-likeness (QED) is 0.658. The highest BCUT2D eigenvalue weighted by molar-refractivity contribution is 6.35. The number of carbonyl (C=O) groups excluding carboxylic acids is 1. The molecule has 1 N–H and O–H groups in total. The smallest absolute Gasteiger partial charge is 0.330 e. The highest BCUT2D eigenvalue weighted by Gasteiger charge is 2.01. The lowest BCUT2D eigenvalue weighted by Gasteiger charge is -1.98. The summed E-state index contributed by atoms with van der Waals surface area (Å²) in [6.07, 6.45) is 4.86. The summed E-state index contributed by atoms with van der Waals surface area (Å²) in [4.78, 5) is 14.0. The van der Waals surface area contributed by atoms with Crippen molar-refractivity contribution in [3.05, 3.63) is 41.1 Å². The van der Waals surface area contributed by atoms with Crippen LogP contribution in [0, 0.1) is 0 Å². The van der Waals surface area contributed by atoms with Crippen LogP contribution >= 0.6 is 11.6 Å². The van der Waals surface area contributed by atoms with E-state index in [2.05, 4.69) is 9.72 Å². The summed E-state index contributed by atoms with van der Waals surface area (Å²) in [5.41, 5.74) is 1.76. The predicted molar refractivity (Wildman–Crippen MR) is 75.7 cm³/mol. The zero-order chi connectivity index (χ0) is 13.5. The number of esters is 1. The number of methoxy groups -OCH3 is 1. The number of nitrogens with one attached hydrogen (secondary N) is 1. The van der Waals surface area contributed by atoms with Crippen molar-refractivity contribution in [2.75, 3.05) is 7.11 Å². The fourth-order valence-electron chi connectivity index (χ4n) is 1.48. The second kappa shape index (κ2) is 6.87. The van der Waals surface area contributed by atoms with Crippen molar-refractivity contribution in [3.63, 3.8) is 0 Å². The zero-order valence-electron chi connectivity index (χ0n) is 10.7. The number of hydrogen-bond donors (Lipinski definition) is 1. The SMILES string of the molecule is CC.COC(=O)/C=C/c1cc(Cl)c2[nH]ccc2c1. The first-order valence-electron chi connectivity index (χ1n) is 5.73. The minimum atomic E-state index is -0.384. The number of hydrogen-bond acceptors (Lipinski definition) is 2. The van der Waals surface area contributed by atoms with E-state index in [1.54, 1.807) is 12.1 Å². The maximum absolute atomic E-state index is 10.9. The number of aromatic nitrogens is 1. The molecule has 0 aliphatic carbocycles. The van der Waals surface area contributed by atoms with Crippen molar-refractivity contribution < 1.29 is 9.53 Å². The number of fused-ring (bicyclic) bond motifs is 1. The van der Waals surface area contributed by atoms with Crippen molar-refractivity contribution in [3.8, 4) is 0 Å². The van der Waals surface area contributed by atoms with E-state index in [0.29, 0.717) is 5.02 Å². The average Bonchev–Trinajstić information content (AvgIpc) is 2.87. The Balaban J connectivity index is 0.000000771. The summed E-state index contributed by atoms with van der Waals surface area (Å²) in [6, 6.07) is 5.66. The minimum absolute atomic E-state index is 0.384. The molecule has 1 aromatic carbocycles. The van der Waals surface area contributed by atoms with E-state index in [4.69, 9.17) is 11.6 Å². The van der Waals surface area contributed by atoms with Gasteiger partial charge >= 0.3 is 5.97 Å². The molecular weight excluding hydrogens is 250 g/mol. The molecule has 2 rings (SSSR count). The first-order chi connectivity index (χ1) is 8.70. The molecule has 0 atom stereocenters. The third-order valence-electron chi connectivity index (χ3n) is 2.25. The molecule has 18 heavy (non-hydrogen) atoms. The molecule has 0 unspecified atom stereocenters. The fraction of sp³-hybridized carbons (Fsp3) is 0.214. The Kier molecular flexibility index (Phi) is 5.46. The molecule has 0 fully saturated rings. The van der Waals surface area contributed by atoms with Crippen LogP contribution in [-0.2, 0) is 9.53 Å². The highest BCUT2D eigenvalue weighted by Crippen LogP contribution is 2.24. The van der Waals surface area contributed by atoms with Gasteiger partial charge in [-0.1, -0.05) is 25.4 Å². The van der Waals surface area contributed by atoms with Gasteiger partial charge in [0.05, 0.1) is 17.6 Å². The number of H-pyrrole nitrogens is 1. The number of benzene rings is 1. The van der Waals surface area contributed by atoms with Crippen molar-refractivity contribution in [2.45, 2.75) is 13.8 Å². The lowest BCUT2D eigenvalue weighted by atomic mass is 10.1. The van der Waals surface area contributed by atoms with E-state index >= 15 is 0 Å². The third-order valence-corrected chi connectivity index (χ3v) is 2.54. The van der Waals surface area contributed by atoms with E-state index in [9.17, 15) is 4.79 Å². The van der Waals surface area contributed by atoms with Gasteiger partial charge in [0.25, 0.3) is 0 Å². The highest BCUT2D eigenvalue weighted by atomic mass is 35.5. The van der Waals surface area contributed by atoms with Crippen LogP contribution < -0.4 is 0 Å². The molecule has 0 saturated heterocycles. The van der Waals surface area contributed by atoms with E-state index in [0.717, 1.165) is 16.5 Å².